The number of aryl methyl sites for hydroxylation is 2. The Kier molecular flexibility index (Phi) is 5.45. The van der Waals surface area contributed by atoms with Crippen LogP contribution in [0, 0.1) is 32.4 Å². The topological polar surface area (TPSA) is 51.9 Å². The summed E-state index contributed by atoms with van der Waals surface area (Å²) in [6.45, 7) is 5.69. The molecule has 1 aliphatic carbocycles. The molecule has 2 aromatic heterocycles. The van der Waals surface area contributed by atoms with E-state index in [4.69, 9.17) is 0 Å². The second-order valence-corrected chi connectivity index (χ2v) is 8.06. The molecular formula is C23H26F2N4O. The van der Waals surface area contributed by atoms with Crippen molar-refractivity contribution in [2.45, 2.75) is 58.9 Å². The smallest absolute Gasteiger partial charge is 0.272 e. The van der Waals surface area contributed by atoms with Crippen molar-refractivity contribution >= 4 is 5.91 Å². The van der Waals surface area contributed by atoms with Gasteiger partial charge in [0.2, 0.25) is 0 Å². The lowest BCUT2D eigenvalue weighted by molar-refractivity contribution is 0.0921. The Labute approximate surface area is 174 Å². The highest BCUT2D eigenvalue weighted by molar-refractivity contribution is 5.94. The van der Waals surface area contributed by atoms with E-state index < -0.39 is 11.6 Å². The van der Waals surface area contributed by atoms with Gasteiger partial charge in [0.25, 0.3) is 5.91 Å². The Morgan fingerprint density at radius 1 is 1.03 bits per heavy atom. The second-order valence-electron chi connectivity index (χ2n) is 8.06. The maximum Gasteiger partial charge on any atom is 0.272 e. The van der Waals surface area contributed by atoms with E-state index in [1.807, 2.05) is 37.5 Å². The quantitative estimate of drug-likeness (QED) is 0.661. The van der Waals surface area contributed by atoms with Crippen molar-refractivity contribution in [2.75, 3.05) is 0 Å². The molecule has 1 aromatic carbocycles. The number of carbonyl (C=O) groups is 1. The van der Waals surface area contributed by atoms with Crippen LogP contribution in [0.5, 0.6) is 0 Å². The summed E-state index contributed by atoms with van der Waals surface area (Å²) < 4.78 is 31.5. The minimum atomic E-state index is -0.736. The summed E-state index contributed by atoms with van der Waals surface area (Å²) in [6, 6.07) is 7.40. The van der Waals surface area contributed by atoms with Crippen LogP contribution in [0.2, 0.25) is 0 Å². The molecule has 4 rings (SSSR count). The van der Waals surface area contributed by atoms with E-state index in [2.05, 4.69) is 10.4 Å². The summed E-state index contributed by atoms with van der Waals surface area (Å²) in [6.07, 6.45) is 5.32. The van der Waals surface area contributed by atoms with Gasteiger partial charge in [0.1, 0.15) is 17.3 Å². The first kappa shape index (κ1) is 20.3. The van der Waals surface area contributed by atoms with Crippen molar-refractivity contribution in [1.82, 2.24) is 19.7 Å². The molecule has 5 nitrogen and oxygen atoms in total. The van der Waals surface area contributed by atoms with E-state index in [-0.39, 0.29) is 23.3 Å². The predicted octanol–water partition coefficient (Wildman–Crippen LogP) is 4.93. The van der Waals surface area contributed by atoms with E-state index >= 15 is 0 Å². The van der Waals surface area contributed by atoms with Crippen LogP contribution in [0.3, 0.4) is 0 Å². The summed E-state index contributed by atoms with van der Waals surface area (Å²) in [7, 11) is 0. The Morgan fingerprint density at radius 2 is 1.70 bits per heavy atom. The van der Waals surface area contributed by atoms with E-state index in [0.717, 1.165) is 43.1 Å². The van der Waals surface area contributed by atoms with Crippen LogP contribution >= 0.6 is 0 Å². The molecule has 0 unspecified atom stereocenters. The number of nitrogens with one attached hydrogen (secondary N) is 1. The Balaban J connectivity index is 1.84. The van der Waals surface area contributed by atoms with Gasteiger partial charge in [0.05, 0.1) is 0 Å². The van der Waals surface area contributed by atoms with Crippen molar-refractivity contribution in [3.05, 3.63) is 64.6 Å². The number of amides is 1. The fourth-order valence-electron chi connectivity index (χ4n) is 4.29. The maximum absolute atomic E-state index is 14.7. The van der Waals surface area contributed by atoms with Crippen LogP contribution < -0.4 is 5.32 Å². The number of aromatic nitrogens is 3. The Morgan fingerprint density at radius 3 is 2.33 bits per heavy atom. The molecule has 1 N–H and O–H groups in total. The Hall–Kier alpha value is -2.96. The van der Waals surface area contributed by atoms with Gasteiger partial charge in [-0.15, -0.1) is 0 Å². The fraction of sp³-hybridized carbons (Fsp3) is 0.391. The van der Waals surface area contributed by atoms with Crippen LogP contribution in [-0.4, -0.2) is 26.3 Å². The lowest BCUT2D eigenvalue weighted by Crippen LogP contribution is -2.36. The van der Waals surface area contributed by atoms with Gasteiger partial charge < -0.3 is 9.88 Å². The average molecular weight is 412 g/mol. The van der Waals surface area contributed by atoms with Gasteiger partial charge in [-0.3, -0.25) is 4.79 Å². The third-order valence-corrected chi connectivity index (χ3v) is 5.87. The molecule has 7 heteroatoms. The molecule has 0 atom stereocenters. The molecule has 1 saturated carbocycles. The number of halogens is 2. The third-order valence-electron chi connectivity index (χ3n) is 5.87. The first-order valence-corrected chi connectivity index (χ1v) is 10.4. The van der Waals surface area contributed by atoms with Gasteiger partial charge in [-0.1, -0.05) is 19.3 Å². The second kappa shape index (κ2) is 8.05. The summed E-state index contributed by atoms with van der Waals surface area (Å²) >= 11 is 0. The number of rotatable bonds is 4. The van der Waals surface area contributed by atoms with Crippen LogP contribution in [0.1, 0.15) is 59.5 Å². The summed E-state index contributed by atoms with van der Waals surface area (Å²) in [4.78, 5) is 13.1. The van der Waals surface area contributed by atoms with Gasteiger partial charge in [-0.25, -0.2) is 13.5 Å². The normalized spacial score (nSPS) is 14.8. The molecule has 3 aromatic rings. The van der Waals surface area contributed by atoms with Crippen LogP contribution in [0.15, 0.2) is 30.3 Å². The molecule has 0 aliphatic heterocycles. The number of carbonyl (C=O) groups excluding carboxylic acids is 1. The lowest BCUT2D eigenvalue weighted by Gasteiger charge is -2.22. The average Bonchev–Trinajstić information content (AvgIpc) is 3.21. The Bertz CT molecular complexity index is 1070. The van der Waals surface area contributed by atoms with Gasteiger partial charge in [-0.2, -0.15) is 5.10 Å². The van der Waals surface area contributed by atoms with Gasteiger partial charge in [-0.05, 0) is 57.9 Å². The fourth-order valence-corrected chi connectivity index (χ4v) is 4.29. The molecule has 2 heterocycles. The molecule has 1 aliphatic rings. The van der Waals surface area contributed by atoms with Crippen molar-refractivity contribution in [3.8, 4) is 11.5 Å². The number of hydrogen-bond donors (Lipinski definition) is 1. The summed E-state index contributed by atoms with van der Waals surface area (Å²) in [5.41, 5.74) is 2.86. The highest BCUT2D eigenvalue weighted by Gasteiger charge is 2.26. The van der Waals surface area contributed by atoms with Crippen LogP contribution in [-0.2, 0) is 0 Å². The van der Waals surface area contributed by atoms with Crippen LogP contribution in [0.25, 0.3) is 11.5 Å². The van der Waals surface area contributed by atoms with Crippen molar-refractivity contribution in [1.29, 1.82) is 0 Å². The highest BCUT2D eigenvalue weighted by Crippen LogP contribution is 2.28. The maximum atomic E-state index is 14.7. The van der Waals surface area contributed by atoms with E-state index in [1.54, 1.807) is 0 Å². The molecule has 158 valence electrons. The molecular weight excluding hydrogens is 386 g/mol. The van der Waals surface area contributed by atoms with Crippen LogP contribution in [0.4, 0.5) is 8.78 Å². The zero-order chi connectivity index (χ0) is 21.4. The monoisotopic (exact) mass is 412 g/mol. The summed E-state index contributed by atoms with van der Waals surface area (Å²) in [5, 5.41) is 7.58. The standard InChI is InChI=1S/C23H26F2N4O/c1-14-9-10-15(2)28(14)23-16(3)21(22(30)26-18-7-5-4-6-8-18)27-29(23)20-12-11-17(24)13-19(20)25/h9-13,18H,4-8H2,1-3H3,(H,26,30). The van der Waals surface area contributed by atoms with Crippen molar-refractivity contribution < 1.29 is 13.6 Å². The predicted molar refractivity (Wildman–Crippen MR) is 111 cm³/mol. The van der Waals surface area contributed by atoms with Crippen molar-refractivity contribution in [2.24, 2.45) is 0 Å². The van der Waals surface area contributed by atoms with E-state index in [0.29, 0.717) is 11.4 Å². The zero-order valence-electron chi connectivity index (χ0n) is 17.5. The molecule has 1 fully saturated rings. The highest BCUT2D eigenvalue weighted by atomic mass is 19.1. The first-order valence-electron chi connectivity index (χ1n) is 10.4. The molecule has 30 heavy (non-hydrogen) atoms. The van der Waals surface area contributed by atoms with E-state index in [1.165, 1.54) is 23.2 Å². The van der Waals surface area contributed by atoms with Gasteiger partial charge in [0.15, 0.2) is 11.5 Å². The summed E-state index contributed by atoms with van der Waals surface area (Å²) in [5.74, 6) is -1.08. The zero-order valence-corrected chi connectivity index (χ0v) is 17.5. The minimum absolute atomic E-state index is 0.0960. The number of hydrogen-bond acceptors (Lipinski definition) is 2. The molecule has 0 saturated heterocycles. The third kappa shape index (κ3) is 3.64. The van der Waals surface area contributed by atoms with Crippen molar-refractivity contribution in [3.63, 3.8) is 0 Å². The number of benzene rings is 1. The van der Waals surface area contributed by atoms with Gasteiger partial charge >= 0.3 is 0 Å². The number of nitrogens with zero attached hydrogens (tertiary/aromatic N) is 3. The lowest BCUT2D eigenvalue weighted by atomic mass is 9.95. The van der Waals surface area contributed by atoms with Gasteiger partial charge in [0, 0.05) is 29.1 Å². The minimum Gasteiger partial charge on any atom is -0.348 e. The molecule has 0 radical (unpaired) electrons. The van der Waals surface area contributed by atoms with E-state index in [9.17, 15) is 13.6 Å². The molecule has 0 bridgehead atoms. The SMILES string of the molecule is Cc1c(C(=O)NC2CCCCC2)nn(-c2ccc(F)cc2F)c1-n1c(C)ccc1C. The largest absolute Gasteiger partial charge is 0.348 e. The first-order chi connectivity index (χ1) is 14.4. The molecule has 0 spiro atoms. The molecule has 1 amide bonds.